The van der Waals surface area contributed by atoms with Crippen molar-refractivity contribution in [3.8, 4) is 0 Å². The van der Waals surface area contributed by atoms with Gasteiger partial charge in [-0.05, 0) is 44.9 Å². The first kappa shape index (κ1) is 14.2. The van der Waals surface area contributed by atoms with Crippen LogP contribution in [0.25, 0.3) is 0 Å². The Hall–Kier alpha value is -1.26. The van der Waals surface area contributed by atoms with Gasteiger partial charge in [0.2, 0.25) is 5.91 Å². The fourth-order valence-electron chi connectivity index (χ4n) is 3.80. The molecule has 2 atom stereocenters. The van der Waals surface area contributed by atoms with Gasteiger partial charge < -0.3 is 15.8 Å². The van der Waals surface area contributed by atoms with Crippen molar-refractivity contribution in [1.29, 1.82) is 0 Å². The molecule has 1 heterocycles. The van der Waals surface area contributed by atoms with Gasteiger partial charge in [-0.25, -0.2) is 0 Å². The summed E-state index contributed by atoms with van der Waals surface area (Å²) >= 11 is 0. The van der Waals surface area contributed by atoms with E-state index in [2.05, 4.69) is 25.9 Å². The van der Waals surface area contributed by atoms with E-state index in [4.69, 9.17) is 10.9 Å². The molecule has 2 aliphatic rings. The molecule has 1 saturated heterocycles. The fraction of sp³-hybridized carbons (Fsp3) is 0.857. The molecule has 1 aliphatic heterocycles. The smallest absolute Gasteiger partial charge is 0.237 e. The van der Waals surface area contributed by atoms with Crippen molar-refractivity contribution in [3.05, 3.63) is 0 Å². The van der Waals surface area contributed by atoms with Crippen molar-refractivity contribution in [2.75, 3.05) is 0 Å². The predicted octanol–water partition coefficient (Wildman–Crippen LogP) is 1.94. The molecule has 0 aromatic carbocycles. The molecule has 108 valence electrons. The Balaban J connectivity index is 2.26. The largest absolute Gasteiger partial charge is 0.409 e. The van der Waals surface area contributed by atoms with Crippen LogP contribution in [0.4, 0.5) is 0 Å². The molecular formula is C14H25N3O2. The summed E-state index contributed by atoms with van der Waals surface area (Å²) in [5.41, 5.74) is 5.08. The lowest BCUT2D eigenvalue weighted by molar-refractivity contribution is -0.147. The van der Waals surface area contributed by atoms with Crippen LogP contribution in [0.1, 0.15) is 52.9 Å². The van der Waals surface area contributed by atoms with Crippen molar-refractivity contribution in [2.24, 2.45) is 22.2 Å². The van der Waals surface area contributed by atoms with Crippen molar-refractivity contribution >= 4 is 11.7 Å². The van der Waals surface area contributed by atoms with Crippen LogP contribution in [-0.2, 0) is 4.79 Å². The third kappa shape index (κ3) is 2.09. The van der Waals surface area contributed by atoms with E-state index >= 15 is 0 Å². The number of hydrogen-bond acceptors (Lipinski definition) is 3. The zero-order valence-electron chi connectivity index (χ0n) is 12.1. The number of hydrogen-bond donors (Lipinski definition) is 2. The van der Waals surface area contributed by atoms with Crippen molar-refractivity contribution in [2.45, 2.75) is 65.0 Å². The van der Waals surface area contributed by atoms with Gasteiger partial charge in [0.1, 0.15) is 5.41 Å². The monoisotopic (exact) mass is 267 g/mol. The Morgan fingerprint density at radius 2 is 2.05 bits per heavy atom. The van der Waals surface area contributed by atoms with Crippen LogP contribution in [0.2, 0.25) is 0 Å². The van der Waals surface area contributed by atoms with Crippen LogP contribution in [-0.4, -0.2) is 33.9 Å². The maximum atomic E-state index is 12.9. The van der Waals surface area contributed by atoms with Crippen molar-refractivity contribution in [3.63, 3.8) is 0 Å². The Morgan fingerprint density at radius 3 is 2.53 bits per heavy atom. The molecule has 19 heavy (non-hydrogen) atoms. The van der Waals surface area contributed by atoms with Gasteiger partial charge in [-0.1, -0.05) is 19.0 Å². The highest BCUT2D eigenvalue weighted by Crippen LogP contribution is 2.48. The Morgan fingerprint density at radius 1 is 1.42 bits per heavy atom. The number of amides is 1. The third-order valence-corrected chi connectivity index (χ3v) is 4.89. The molecule has 0 aromatic heterocycles. The van der Waals surface area contributed by atoms with Gasteiger partial charge in [0, 0.05) is 12.1 Å². The van der Waals surface area contributed by atoms with E-state index in [-0.39, 0.29) is 17.8 Å². The van der Waals surface area contributed by atoms with Gasteiger partial charge in [0.15, 0.2) is 5.84 Å². The number of likely N-dealkylation sites (tertiary alicyclic amines) is 1. The molecule has 0 bridgehead atoms. The standard InChI is InChI=1S/C14H25N3O2/c1-4-11-6-5-10(3)17(11)13(18)14(12(15)16-19)7-9(2)8-14/h9-11,19H,4-8H2,1-3H3,(H2,15,16). The summed E-state index contributed by atoms with van der Waals surface area (Å²) in [5, 5.41) is 12.1. The van der Waals surface area contributed by atoms with E-state index in [9.17, 15) is 4.79 Å². The SMILES string of the molecule is CCC1CCC(C)N1C(=O)C1(C(N)=NO)CC(C)C1. The molecule has 5 heteroatoms. The minimum Gasteiger partial charge on any atom is -0.409 e. The predicted molar refractivity (Wildman–Crippen MR) is 73.9 cm³/mol. The first-order valence-electron chi connectivity index (χ1n) is 7.27. The summed E-state index contributed by atoms with van der Waals surface area (Å²) in [7, 11) is 0. The molecule has 1 saturated carbocycles. The Bertz CT molecular complexity index is 388. The maximum absolute atomic E-state index is 12.9. The normalized spacial score (nSPS) is 39.2. The lowest BCUT2D eigenvalue weighted by Gasteiger charge is -2.47. The number of nitrogens with two attached hydrogens (primary N) is 1. The van der Waals surface area contributed by atoms with Gasteiger partial charge in [-0.3, -0.25) is 4.79 Å². The second kappa shape index (κ2) is 5.02. The molecule has 5 nitrogen and oxygen atoms in total. The first-order chi connectivity index (χ1) is 8.96. The summed E-state index contributed by atoms with van der Waals surface area (Å²) in [5.74, 6) is 0.615. The van der Waals surface area contributed by atoms with Crippen molar-refractivity contribution in [1.82, 2.24) is 4.90 Å². The highest BCUT2D eigenvalue weighted by Gasteiger charge is 2.55. The topological polar surface area (TPSA) is 78.9 Å². The van der Waals surface area contributed by atoms with Crippen LogP contribution in [0, 0.1) is 11.3 Å². The molecular weight excluding hydrogens is 242 g/mol. The number of nitrogens with zero attached hydrogens (tertiary/aromatic N) is 2. The highest BCUT2D eigenvalue weighted by molar-refractivity contribution is 6.08. The van der Waals surface area contributed by atoms with E-state index < -0.39 is 5.41 Å². The fourth-order valence-corrected chi connectivity index (χ4v) is 3.80. The molecule has 2 rings (SSSR count). The molecule has 3 N–H and O–H groups in total. The second-order valence-electron chi connectivity index (χ2n) is 6.28. The van der Waals surface area contributed by atoms with Crippen LogP contribution >= 0.6 is 0 Å². The third-order valence-electron chi connectivity index (χ3n) is 4.89. The molecule has 2 fully saturated rings. The van der Waals surface area contributed by atoms with Gasteiger partial charge >= 0.3 is 0 Å². The number of rotatable bonds is 3. The van der Waals surface area contributed by atoms with Crippen LogP contribution in [0.5, 0.6) is 0 Å². The molecule has 1 aliphatic carbocycles. The summed E-state index contributed by atoms with van der Waals surface area (Å²) in [6.07, 6.45) is 4.47. The summed E-state index contributed by atoms with van der Waals surface area (Å²) in [6, 6.07) is 0.568. The number of oxime groups is 1. The minimum absolute atomic E-state index is 0.0674. The van der Waals surface area contributed by atoms with E-state index in [0.29, 0.717) is 24.8 Å². The molecule has 0 radical (unpaired) electrons. The summed E-state index contributed by atoms with van der Waals surface area (Å²) in [4.78, 5) is 14.9. The summed E-state index contributed by atoms with van der Waals surface area (Å²) < 4.78 is 0. The zero-order chi connectivity index (χ0) is 14.2. The molecule has 2 unspecified atom stereocenters. The first-order valence-corrected chi connectivity index (χ1v) is 7.27. The Kier molecular flexibility index (Phi) is 3.74. The maximum Gasteiger partial charge on any atom is 0.237 e. The van der Waals surface area contributed by atoms with Crippen LogP contribution in [0.15, 0.2) is 5.16 Å². The molecule has 0 spiro atoms. The second-order valence-corrected chi connectivity index (χ2v) is 6.28. The van der Waals surface area contributed by atoms with Crippen LogP contribution < -0.4 is 5.73 Å². The number of carbonyl (C=O) groups excluding carboxylic acids is 1. The quantitative estimate of drug-likeness (QED) is 0.355. The average Bonchev–Trinajstić information content (AvgIpc) is 2.74. The number of amidine groups is 1. The van der Waals surface area contributed by atoms with E-state index in [1.807, 2.05) is 4.90 Å². The lowest BCUT2D eigenvalue weighted by atomic mass is 9.61. The number of carbonyl (C=O) groups is 1. The van der Waals surface area contributed by atoms with Gasteiger partial charge in [0.05, 0.1) is 0 Å². The minimum atomic E-state index is -0.750. The Labute approximate surface area is 114 Å². The highest BCUT2D eigenvalue weighted by atomic mass is 16.4. The van der Waals surface area contributed by atoms with Gasteiger partial charge in [-0.2, -0.15) is 0 Å². The summed E-state index contributed by atoms with van der Waals surface area (Å²) in [6.45, 7) is 6.30. The van der Waals surface area contributed by atoms with Crippen molar-refractivity contribution < 1.29 is 10.0 Å². The molecule has 0 aromatic rings. The molecule has 1 amide bonds. The van der Waals surface area contributed by atoms with E-state index in [0.717, 1.165) is 19.3 Å². The lowest BCUT2D eigenvalue weighted by Crippen LogP contribution is -2.59. The van der Waals surface area contributed by atoms with Gasteiger partial charge in [-0.15, -0.1) is 0 Å². The van der Waals surface area contributed by atoms with E-state index in [1.54, 1.807) is 0 Å². The van der Waals surface area contributed by atoms with Crippen LogP contribution in [0.3, 0.4) is 0 Å². The van der Waals surface area contributed by atoms with Gasteiger partial charge in [0.25, 0.3) is 0 Å². The zero-order valence-corrected chi connectivity index (χ0v) is 12.1. The average molecular weight is 267 g/mol. The van der Waals surface area contributed by atoms with E-state index in [1.165, 1.54) is 0 Å².